The van der Waals surface area contributed by atoms with Crippen LogP contribution in [0.2, 0.25) is 0 Å². The van der Waals surface area contributed by atoms with Crippen LogP contribution in [0.4, 0.5) is 5.69 Å². The zero-order valence-electron chi connectivity index (χ0n) is 16.7. The number of hydrogen-bond acceptors (Lipinski definition) is 7. The van der Waals surface area contributed by atoms with Crippen molar-refractivity contribution in [1.29, 1.82) is 0 Å². The average molecular weight is 408 g/mol. The van der Waals surface area contributed by atoms with Crippen LogP contribution in [0.15, 0.2) is 48.5 Å². The van der Waals surface area contributed by atoms with Crippen LogP contribution in [0.1, 0.15) is 26.5 Å². The van der Waals surface area contributed by atoms with E-state index in [1.54, 1.807) is 6.92 Å². The van der Waals surface area contributed by atoms with Crippen molar-refractivity contribution in [2.75, 3.05) is 19.5 Å². The Labute approximate surface area is 172 Å². The van der Waals surface area contributed by atoms with Crippen LogP contribution in [0.25, 0.3) is 11.4 Å². The van der Waals surface area contributed by atoms with Crippen molar-refractivity contribution in [3.8, 4) is 11.4 Å². The van der Waals surface area contributed by atoms with Crippen molar-refractivity contribution < 1.29 is 23.9 Å². The SMILES string of the molecule is COC(=O)c1cc(NC(=O)Cn2nc(C)nc2-c2ccccc2)cc(C(=O)OC)c1. The summed E-state index contributed by atoms with van der Waals surface area (Å²) in [7, 11) is 2.45. The molecule has 0 saturated carbocycles. The van der Waals surface area contributed by atoms with Crippen LogP contribution in [0.3, 0.4) is 0 Å². The second-order valence-corrected chi connectivity index (χ2v) is 6.34. The first-order valence-electron chi connectivity index (χ1n) is 8.99. The fourth-order valence-electron chi connectivity index (χ4n) is 2.87. The normalized spacial score (nSPS) is 10.4. The number of anilines is 1. The standard InChI is InChI=1S/C21H20N4O5/c1-13-22-19(14-7-5-4-6-8-14)25(24-13)12-18(26)23-17-10-15(20(27)29-2)9-16(11-17)21(28)30-3/h4-11H,12H2,1-3H3,(H,23,26). The van der Waals surface area contributed by atoms with Crippen molar-refractivity contribution in [2.45, 2.75) is 13.5 Å². The summed E-state index contributed by atoms with van der Waals surface area (Å²) in [4.78, 5) is 40.8. The smallest absolute Gasteiger partial charge is 0.337 e. The predicted molar refractivity (Wildman–Crippen MR) is 108 cm³/mol. The number of nitrogens with one attached hydrogen (secondary N) is 1. The van der Waals surface area contributed by atoms with E-state index in [9.17, 15) is 14.4 Å². The Kier molecular flexibility index (Phi) is 6.21. The zero-order chi connectivity index (χ0) is 21.7. The number of benzene rings is 2. The van der Waals surface area contributed by atoms with Crippen LogP contribution in [-0.2, 0) is 20.8 Å². The summed E-state index contributed by atoms with van der Waals surface area (Å²) in [6, 6.07) is 13.5. The molecule has 2 aromatic carbocycles. The summed E-state index contributed by atoms with van der Waals surface area (Å²) in [6.45, 7) is 1.63. The number of amides is 1. The van der Waals surface area contributed by atoms with Gasteiger partial charge in [0.05, 0.1) is 25.3 Å². The Hall–Kier alpha value is -4.01. The number of carbonyl (C=O) groups is 3. The second kappa shape index (κ2) is 8.99. The molecule has 0 unspecified atom stereocenters. The number of aromatic nitrogens is 3. The van der Waals surface area contributed by atoms with Gasteiger partial charge in [0, 0.05) is 11.3 Å². The molecular formula is C21H20N4O5. The first kappa shape index (κ1) is 20.7. The lowest BCUT2D eigenvalue weighted by atomic mass is 10.1. The molecule has 0 spiro atoms. The van der Waals surface area contributed by atoms with Crippen LogP contribution in [-0.4, -0.2) is 46.8 Å². The molecule has 1 heterocycles. The lowest BCUT2D eigenvalue weighted by molar-refractivity contribution is -0.116. The van der Waals surface area contributed by atoms with Gasteiger partial charge < -0.3 is 14.8 Å². The van der Waals surface area contributed by atoms with E-state index in [4.69, 9.17) is 9.47 Å². The van der Waals surface area contributed by atoms with Crippen LogP contribution >= 0.6 is 0 Å². The van der Waals surface area contributed by atoms with Gasteiger partial charge >= 0.3 is 11.9 Å². The van der Waals surface area contributed by atoms with Crippen molar-refractivity contribution in [1.82, 2.24) is 14.8 Å². The highest BCUT2D eigenvalue weighted by Crippen LogP contribution is 2.19. The first-order chi connectivity index (χ1) is 14.4. The molecule has 9 heteroatoms. The van der Waals surface area contributed by atoms with Gasteiger partial charge in [-0.25, -0.2) is 19.3 Å². The van der Waals surface area contributed by atoms with Crippen LogP contribution in [0.5, 0.6) is 0 Å². The summed E-state index contributed by atoms with van der Waals surface area (Å²) in [5, 5.41) is 6.96. The van der Waals surface area contributed by atoms with Gasteiger partial charge in [0.25, 0.3) is 0 Å². The van der Waals surface area contributed by atoms with Crippen molar-refractivity contribution in [3.05, 3.63) is 65.5 Å². The molecule has 1 amide bonds. The van der Waals surface area contributed by atoms with Crippen molar-refractivity contribution in [3.63, 3.8) is 0 Å². The molecule has 0 saturated heterocycles. The van der Waals surface area contributed by atoms with E-state index >= 15 is 0 Å². The molecule has 154 valence electrons. The number of aryl methyl sites for hydroxylation is 1. The molecule has 9 nitrogen and oxygen atoms in total. The number of ether oxygens (including phenoxy) is 2. The number of carbonyl (C=O) groups excluding carboxylic acids is 3. The summed E-state index contributed by atoms with van der Waals surface area (Å²) in [5.41, 5.74) is 1.29. The van der Waals surface area contributed by atoms with Gasteiger partial charge in [-0.1, -0.05) is 30.3 Å². The fraction of sp³-hybridized carbons (Fsp3) is 0.190. The number of methoxy groups -OCH3 is 2. The average Bonchev–Trinajstić information content (AvgIpc) is 3.12. The zero-order valence-corrected chi connectivity index (χ0v) is 16.7. The molecule has 0 radical (unpaired) electrons. The third-order valence-corrected chi connectivity index (χ3v) is 4.16. The minimum atomic E-state index is -0.644. The summed E-state index contributed by atoms with van der Waals surface area (Å²) >= 11 is 0. The minimum absolute atomic E-state index is 0.109. The Morgan fingerprint density at radius 2 is 1.57 bits per heavy atom. The second-order valence-electron chi connectivity index (χ2n) is 6.34. The summed E-state index contributed by atoms with van der Waals surface area (Å²) in [6.07, 6.45) is 0. The van der Waals surface area contributed by atoms with Gasteiger partial charge in [-0.05, 0) is 25.1 Å². The molecule has 30 heavy (non-hydrogen) atoms. The Balaban J connectivity index is 1.85. The van der Waals surface area contributed by atoms with Gasteiger partial charge in [-0.3, -0.25) is 4.79 Å². The number of rotatable bonds is 6. The molecule has 0 atom stereocenters. The number of esters is 2. The monoisotopic (exact) mass is 408 g/mol. The maximum Gasteiger partial charge on any atom is 0.337 e. The first-order valence-corrected chi connectivity index (χ1v) is 8.99. The van der Waals surface area contributed by atoms with E-state index in [0.29, 0.717) is 11.6 Å². The third-order valence-electron chi connectivity index (χ3n) is 4.16. The van der Waals surface area contributed by atoms with Gasteiger partial charge in [-0.15, -0.1) is 0 Å². The molecule has 1 aromatic heterocycles. The Morgan fingerprint density at radius 1 is 0.967 bits per heavy atom. The van der Waals surface area contributed by atoms with Crippen LogP contribution in [0, 0.1) is 6.92 Å². The topological polar surface area (TPSA) is 112 Å². The lowest BCUT2D eigenvalue weighted by Gasteiger charge is -2.10. The number of nitrogens with zero attached hydrogens (tertiary/aromatic N) is 3. The molecule has 3 aromatic rings. The fourth-order valence-corrected chi connectivity index (χ4v) is 2.87. The maximum absolute atomic E-state index is 12.6. The van der Waals surface area contributed by atoms with Gasteiger partial charge in [0.2, 0.25) is 5.91 Å². The maximum atomic E-state index is 12.6. The molecule has 0 aliphatic carbocycles. The summed E-state index contributed by atoms with van der Waals surface area (Å²) < 4.78 is 10.9. The van der Waals surface area contributed by atoms with E-state index in [1.165, 1.54) is 37.1 Å². The van der Waals surface area contributed by atoms with E-state index in [2.05, 4.69) is 15.4 Å². The van der Waals surface area contributed by atoms with E-state index in [1.807, 2.05) is 30.3 Å². The Bertz CT molecular complexity index is 1060. The van der Waals surface area contributed by atoms with Crippen molar-refractivity contribution >= 4 is 23.5 Å². The molecule has 1 N–H and O–H groups in total. The van der Waals surface area contributed by atoms with E-state index in [0.717, 1.165) is 5.56 Å². The Morgan fingerprint density at radius 3 is 2.13 bits per heavy atom. The largest absolute Gasteiger partial charge is 0.465 e. The molecule has 0 aliphatic rings. The molecular weight excluding hydrogens is 388 g/mol. The third kappa shape index (κ3) is 4.69. The number of hydrogen-bond donors (Lipinski definition) is 1. The van der Waals surface area contributed by atoms with Gasteiger partial charge in [0.15, 0.2) is 5.82 Å². The molecule has 0 aliphatic heterocycles. The highest BCUT2D eigenvalue weighted by atomic mass is 16.5. The molecule has 0 bridgehead atoms. The highest BCUT2D eigenvalue weighted by molar-refractivity contribution is 5.99. The molecule has 3 rings (SSSR count). The van der Waals surface area contributed by atoms with Gasteiger partial charge in [0.1, 0.15) is 12.4 Å². The lowest BCUT2D eigenvalue weighted by Crippen LogP contribution is -2.21. The highest BCUT2D eigenvalue weighted by Gasteiger charge is 2.17. The quantitative estimate of drug-likeness (QED) is 0.624. The van der Waals surface area contributed by atoms with E-state index < -0.39 is 17.8 Å². The van der Waals surface area contributed by atoms with E-state index in [-0.39, 0.29) is 23.4 Å². The minimum Gasteiger partial charge on any atom is -0.465 e. The molecule has 0 fully saturated rings. The van der Waals surface area contributed by atoms with Crippen LogP contribution < -0.4 is 5.32 Å². The van der Waals surface area contributed by atoms with Crippen molar-refractivity contribution in [2.24, 2.45) is 0 Å². The van der Waals surface area contributed by atoms with Gasteiger partial charge in [-0.2, -0.15) is 5.10 Å². The predicted octanol–water partition coefficient (Wildman–Crippen LogP) is 2.47. The summed E-state index contributed by atoms with van der Waals surface area (Å²) in [5.74, 6) is -0.608.